The molecule has 0 aromatic carbocycles. The summed E-state index contributed by atoms with van der Waals surface area (Å²) in [6.45, 7) is 0.883. The van der Waals surface area contributed by atoms with Gasteiger partial charge >= 0.3 is 0 Å². The molecule has 0 aromatic heterocycles. The summed E-state index contributed by atoms with van der Waals surface area (Å²) in [4.78, 5) is 0. The molecule has 0 heterocycles. The van der Waals surface area contributed by atoms with Gasteiger partial charge in [-0.3, -0.25) is 3.53 Å². The number of nitrogens with one attached hydrogen (secondary N) is 1. The van der Waals surface area contributed by atoms with E-state index in [1.165, 1.54) is 25.7 Å². The summed E-state index contributed by atoms with van der Waals surface area (Å²) in [5.41, 5.74) is 5.57. The van der Waals surface area contributed by atoms with E-state index in [-0.39, 0.29) is 0 Å². The van der Waals surface area contributed by atoms with Gasteiger partial charge in [0, 0.05) is 28.9 Å². The molecule has 2 nitrogen and oxygen atoms in total. The van der Waals surface area contributed by atoms with E-state index >= 15 is 0 Å². The fraction of sp³-hybridized carbons (Fsp3) is 1.00. The predicted octanol–water partition coefficient (Wildman–Crippen LogP) is 1.44. The van der Waals surface area contributed by atoms with Crippen molar-refractivity contribution in [2.24, 2.45) is 11.7 Å². The molecule has 0 aromatic rings. The maximum Gasteiger partial charge on any atom is 0.0172 e. The van der Waals surface area contributed by atoms with Crippen LogP contribution in [-0.2, 0) is 0 Å². The summed E-state index contributed by atoms with van der Waals surface area (Å²) in [6, 6.07) is 0.753. The van der Waals surface area contributed by atoms with Gasteiger partial charge in [0.15, 0.2) is 0 Å². The van der Waals surface area contributed by atoms with Gasteiger partial charge in [0.05, 0.1) is 0 Å². The predicted molar refractivity (Wildman–Crippen MR) is 52.0 cm³/mol. The van der Waals surface area contributed by atoms with Crippen molar-refractivity contribution in [1.29, 1.82) is 0 Å². The molecule has 3 heteroatoms. The molecule has 1 aliphatic carbocycles. The lowest BCUT2D eigenvalue weighted by atomic mass is 9.87. The van der Waals surface area contributed by atoms with Crippen LogP contribution in [0.4, 0.5) is 0 Å². The van der Waals surface area contributed by atoms with E-state index < -0.39 is 0 Å². The molecule has 1 aliphatic rings. The summed E-state index contributed by atoms with van der Waals surface area (Å²) in [7, 11) is 0. The van der Waals surface area contributed by atoms with Gasteiger partial charge in [0.2, 0.25) is 0 Å². The summed E-state index contributed by atoms with van der Waals surface area (Å²) < 4.78 is 3.28. The van der Waals surface area contributed by atoms with Gasteiger partial charge in [-0.2, -0.15) is 0 Å². The Labute approximate surface area is 76.4 Å². The van der Waals surface area contributed by atoms with Crippen molar-refractivity contribution in [3.63, 3.8) is 0 Å². The van der Waals surface area contributed by atoms with Crippen LogP contribution in [0.1, 0.15) is 25.7 Å². The van der Waals surface area contributed by atoms with Crippen molar-refractivity contribution >= 4 is 22.9 Å². The zero-order chi connectivity index (χ0) is 7.40. The van der Waals surface area contributed by atoms with Crippen molar-refractivity contribution in [3.05, 3.63) is 0 Å². The highest BCUT2D eigenvalue weighted by molar-refractivity contribution is 14.1. The fourth-order valence-electron chi connectivity index (χ4n) is 1.51. The summed E-state index contributed by atoms with van der Waals surface area (Å²) >= 11 is 2.24. The number of nitrogens with two attached hydrogens (primary N) is 1. The number of hydrogen-bond donors (Lipinski definition) is 2. The second kappa shape index (κ2) is 4.51. The first-order valence-corrected chi connectivity index (χ1v) is 5.01. The highest BCUT2D eigenvalue weighted by atomic mass is 127. The molecule has 1 saturated carbocycles. The number of hydrogen-bond acceptors (Lipinski definition) is 2. The third kappa shape index (κ3) is 2.36. The van der Waals surface area contributed by atoms with Crippen molar-refractivity contribution in [3.8, 4) is 0 Å². The van der Waals surface area contributed by atoms with E-state index in [1.54, 1.807) is 0 Å². The van der Waals surface area contributed by atoms with Gasteiger partial charge < -0.3 is 5.73 Å². The zero-order valence-corrected chi connectivity index (χ0v) is 8.30. The van der Waals surface area contributed by atoms with E-state index in [1.807, 2.05) is 0 Å². The largest absolute Gasteiger partial charge is 0.330 e. The second-order valence-corrected chi connectivity index (χ2v) is 3.69. The Morgan fingerprint density at radius 1 is 1.30 bits per heavy atom. The van der Waals surface area contributed by atoms with Crippen LogP contribution in [0.3, 0.4) is 0 Å². The Hall–Kier alpha value is 0.650. The normalized spacial score (nSPS) is 34.2. The monoisotopic (exact) mass is 254 g/mol. The molecule has 0 radical (unpaired) electrons. The van der Waals surface area contributed by atoms with Gasteiger partial charge in [0.25, 0.3) is 0 Å². The first-order chi connectivity index (χ1) is 4.86. The molecule has 1 rings (SSSR count). The molecule has 0 spiro atoms. The standard InChI is InChI=1S/C7H15IN2/c8-10-7-3-1-6(5-9)2-4-7/h6-7,10H,1-5,9H2. The summed E-state index contributed by atoms with van der Waals surface area (Å²) in [5.74, 6) is 0.806. The second-order valence-electron chi connectivity index (χ2n) is 3.06. The minimum absolute atomic E-state index is 0.753. The molecular formula is C7H15IN2. The van der Waals surface area contributed by atoms with Crippen LogP contribution in [0.15, 0.2) is 0 Å². The van der Waals surface area contributed by atoms with Crippen LogP contribution >= 0.6 is 22.9 Å². The van der Waals surface area contributed by atoms with E-state index in [2.05, 4.69) is 26.4 Å². The van der Waals surface area contributed by atoms with Gasteiger partial charge in [0.1, 0.15) is 0 Å². The average molecular weight is 254 g/mol. The highest BCUT2D eigenvalue weighted by Gasteiger charge is 2.18. The van der Waals surface area contributed by atoms with Crippen LogP contribution in [0.2, 0.25) is 0 Å². The molecule has 1 fully saturated rings. The van der Waals surface area contributed by atoms with Crippen LogP contribution in [0.25, 0.3) is 0 Å². The molecule has 60 valence electrons. The third-order valence-corrected chi connectivity index (χ3v) is 3.22. The molecule has 0 atom stereocenters. The van der Waals surface area contributed by atoms with E-state index in [0.29, 0.717) is 0 Å². The zero-order valence-electron chi connectivity index (χ0n) is 6.15. The highest BCUT2D eigenvalue weighted by Crippen LogP contribution is 2.23. The molecule has 0 unspecified atom stereocenters. The van der Waals surface area contributed by atoms with Crippen molar-refractivity contribution in [2.75, 3.05) is 6.54 Å². The Morgan fingerprint density at radius 3 is 2.30 bits per heavy atom. The molecule has 0 amide bonds. The molecule has 3 N–H and O–H groups in total. The average Bonchev–Trinajstić information content (AvgIpc) is 2.05. The first-order valence-electron chi connectivity index (χ1n) is 3.93. The first kappa shape index (κ1) is 8.74. The number of rotatable bonds is 2. The summed E-state index contributed by atoms with van der Waals surface area (Å²) in [6.07, 6.45) is 5.25. The molecular weight excluding hydrogens is 239 g/mol. The molecule has 10 heavy (non-hydrogen) atoms. The third-order valence-electron chi connectivity index (χ3n) is 2.33. The Balaban J connectivity index is 2.17. The Bertz CT molecular complexity index is 77.6. The van der Waals surface area contributed by atoms with Gasteiger partial charge in [-0.15, -0.1) is 0 Å². The van der Waals surface area contributed by atoms with E-state index in [0.717, 1.165) is 18.5 Å². The van der Waals surface area contributed by atoms with Crippen LogP contribution in [0, 0.1) is 5.92 Å². The SMILES string of the molecule is NCC1CCC(NI)CC1. The van der Waals surface area contributed by atoms with Crippen LogP contribution in [-0.4, -0.2) is 12.6 Å². The maximum absolute atomic E-state index is 5.57. The molecule has 0 aliphatic heterocycles. The maximum atomic E-state index is 5.57. The van der Waals surface area contributed by atoms with Crippen molar-refractivity contribution < 1.29 is 0 Å². The van der Waals surface area contributed by atoms with Gasteiger partial charge in [-0.05, 0) is 38.1 Å². The quantitative estimate of drug-likeness (QED) is 0.578. The van der Waals surface area contributed by atoms with E-state index in [4.69, 9.17) is 5.73 Å². The minimum atomic E-state index is 0.753. The molecule has 0 saturated heterocycles. The molecule has 0 bridgehead atoms. The lowest BCUT2D eigenvalue weighted by molar-refractivity contribution is 0.326. The van der Waals surface area contributed by atoms with Crippen LogP contribution in [0.5, 0.6) is 0 Å². The van der Waals surface area contributed by atoms with Gasteiger partial charge in [-0.1, -0.05) is 0 Å². The fourth-order valence-corrected chi connectivity index (χ4v) is 2.13. The smallest absolute Gasteiger partial charge is 0.0172 e. The van der Waals surface area contributed by atoms with Crippen molar-refractivity contribution in [1.82, 2.24) is 3.53 Å². The Morgan fingerprint density at radius 2 is 1.90 bits per heavy atom. The Kier molecular flexibility index (Phi) is 3.95. The van der Waals surface area contributed by atoms with Crippen LogP contribution < -0.4 is 9.26 Å². The van der Waals surface area contributed by atoms with E-state index in [9.17, 15) is 0 Å². The number of halogens is 1. The van der Waals surface area contributed by atoms with Gasteiger partial charge in [-0.25, -0.2) is 0 Å². The lowest BCUT2D eigenvalue weighted by Crippen LogP contribution is -2.29. The summed E-state index contributed by atoms with van der Waals surface area (Å²) in [5, 5.41) is 0. The lowest BCUT2D eigenvalue weighted by Gasteiger charge is -2.26. The minimum Gasteiger partial charge on any atom is -0.330 e. The van der Waals surface area contributed by atoms with Crippen molar-refractivity contribution in [2.45, 2.75) is 31.7 Å². The topological polar surface area (TPSA) is 38.0 Å².